The van der Waals surface area contributed by atoms with Crippen LogP contribution in [0.25, 0.3) is 6.08 Å². The smallest absolute Gasteiger partial charge is 0.0267 e. The fraction of sp³-hybridized carbons (Fsp3) is 0.455. The van der Waals surface area contributed by atoms with Crippen molar-refractivity contribution in [3.63, 3.8) is 0 Å². The van der Waals surface area contributed by atoms with Crippen LogP contribution in [0.5, 0.6) is 0 Å². The van der Waals surface area contributed by atoms with Gasteiger partial charge in [0.1, 0.15) is 0 Å². The molecule has 0 amide bonds. The van der Waals surface area contributed by atoms with Crippen LogP contribution in [0.4, 0.5) is 0 Å². The Morgan fingerprint density at radius 2 is 2.33 bits per heavy atom. The summed E-state index contributed by atoms with van der Waals surface area (Å²) in [5, 5.41) is 2.12. The first-order valence-corrected chi connectivity index (χ1v) is 5.51. The Morgan fingerprint density at radius 1 is 1.42 bits per heavy atom. The summed E-state index contributed by atoms with van der Waals surface area (Å²) in [4.78, 5) is 1.37. The Balaban J connectivity index is 2.14. The van der Waals surface area contributed by atoms with Crippen LogP contribution in [0.1, 0.15) is 37.5 Å². The summed E-state index contributed by atoms with van der Waals surface area (Å²) < 4.78 is 0. The van der Waals surface area contributed by atoms with Gasteiger partial charge in [0.15, 0.2) is 0 Å². The average molecular weight is 180 g/mol. The lowest BCUT2D eigenvalue weighted by molar-refractivity contribution is 0.730. The van der Waals surface area contributed by atoms with Gasteiger partial charge in [-0.3, -0.25) is 0 Å². The maximum atomic E-state index is 2.28. The van der Waals surface area contributed by atoms with Crippen LogP contribution >= 0.6 is 11.3 Å². The van der Waals surface area contributed by atoms with Crippen LogP contribution in [0.3, 0.4) is 0 Å². The third-order valence-electron chi connectivity index (χ3n) is 1.80. The van der Waals surface area contributed by atoms with E-state index in [1.807, 2.05) is 0 Å². The van der Waals surface area contributed by atoms with Crippen molar-refractivity contribution in [2.75, 3.05) is 0 Å². The van der Waals surface area contributed by atoms with Crippen molar-refractivity contribution in [1.29, 1.82) is 0 Å². The molecular weight excluding hydrogens is 164 g/mol. The molecule has 0 N–H and O–H groups in total. The zero-order valence-corrected chi connectivity index (χ0v) is 8.44. The fourth-order valence-corrected chi connectivity index (χ4v) is 1.74. The Hall–Kier alpha value is -0.560. The van der Waals surface area contributed by atoms with Gasteiger partial charge in [-0.25, -0.2) is 0 Å². The summed E-state index contributed by atoms with van der Waals surface area (Å²) in [5.74, 6) is 0. The second-order valence-electron chi connectivity index (χ2n) is 2.91. The van der Waals surface area contributed by atoms with Gasteiger partial charge in [-0.2, -0.15) is 0 Å². The van der Waals surface area contributed by atoms with E-state index < -0.39 is 0 Å². The van der Waals surface area contributed by atoms with Gasteiger partial charge < -0.3 is 0 Å². The van der Waals surface area contributed by atoms with E-state index in [4.69, 9.17) is 0 Å². The molecule has 0 aliphatic carbocycles. The van der Waals surface area contributed by atoms with E-state index in [0.717, 1.165) is 0 Å². The molecule has 0 saturated heterocycles. The number of rotatable bonds is 5. The fourth-order valence-electron chi connectivity index (χ4n) is 1.10. The molecule has 66 valence electrons. The third-order valence-corrected chi connectivity index (χ3v) is 2.64. The number of allylic oxidation sites excluding steroid dienone is 1. The minimum atomic E-state index is 1.23. The molecule has 0 atom stereocenters. The summed E-state index contributed by atoms with van der Waals surface area (Å²) in [6, 6.07) is 4.25. The standard InChI is InChI=1S/C11H16S/c1-2-3-4-5-6-8-11-9-7-10-12-11/h6-10H,2-5H2,1H3/b8-6-. The lowest BCUT2D eigenvalue weighted by Gasteiger charge is -1.90. The molecule has 0 radical (unpaired) electrons. The lowest BCUT2D eigenvalue weighted by atomic mass is 10.2. The number of thiophene rings is 1. The van der Waals surface area contributed by atoms with Crippen LogP contribution in [0, 0.1) is 0 Å². The highest BCUT2D eigenvalue weighted by molar-refractivity contribution is 7.10. The molecule has 0 aromatic carbocycles. The van der Waals surface area contributed by atoms with E-state index in [1.165, 1.54) is 30.6 Å². The predicted molar refractivity (Wildman–Crippen MR) is 57.5 cm³/mol. The zero-order chi connectivity index (χ0) is 8.65. The summed E-state index contributed by atoms with van der Waals surface area (Å²) >= 11 is 1.80. The molecular formula is C11H16S. The first-order chi connectivity index (χ1) is 5.93. The molecule has 0 nitrogen and oxygen atoms in total. The molecule has 0 bridgehead atoms. The van der Waals surface area contributed by atoms with Crippen LogP contribution < -0.4 is 0 Å². The highest BCUT2D eigenvalue weighted by Crippen LogP contribution is 2.11. The first kappa shape index (κ1) is 9.53. The van der Waals surface area contributed by atoms with Crippen molar-refractivity contribution in [2.24, 2.45) is 0 Å². The van der Waals surface area contributed by atoms with Gasteiger partial charge in [-0.15, -0.1) is 11.3 Å². The highest BCUT2D eigenvalue weighted by atomic mass is 32.1. The molecule has 1 aromatic heterocycles. The lowest BCUT2D eigenvalue weighted by Crippen LogP contribution is -1.69. The second-order valence-corrected chi connectivity index (χ2v) is 3.89. The summed E-state index contributed by atoms with van der Waals surface area (Å²) in [6.45, 7) is 2.24. The molecule has 0 aliphatic heterocycles. The SMILES string of the molecule is CCCCC/C=C\c1cccs1. The van der Waals surface area contributed by atoms with Gasteiger partial charge in [-0.05, 0) is 30.4 Å². The van der Waals surface area contributed by atoms with E-state index >= 15 is 0 Å². The topological polar surface area (TPSA) is 0 Å². The van der Waals surface area contributed by atoms with E-state index in [-0.39, 0.29) is 0 Å². The minimum absolute atomic E-state index is 1.23. The number of unbranched alkanes of at least 4 members (excludes halogenated alkanes) is 3. The molecule has 0 saturated carbocycles. The maximum Gasteiger partial charge on any atom is 0.0267 e. The van der Waals surface area contributed by atoms with Gasteiger partial charge in [0.05, 0.1) is 0 Å². The van der Waals surface area contributed by atoms with Crippen molar-refractivity contribution in [3.05, 3.63) is 28.5 Å². The van der Waals surface area contributed by atoms with Crippen molar-refractivity contribution in [1.82, 2.24) is 0 Å². The van der Waals surface area contributed by atoms with Crippen molar-refractivity contribution in [3.8, 4) is 0 Å². The largest absolute Gasteiger partial charge is 0.144 e. The van der Waals surface area contributed by atoms with Gasteiger partial charge in [0.25, 0.3) is 0 Å². The van der Waals surface area contributed by atoms with Gasteiger partial charge in [0.2, 0.25) is 0 Å². The molecule has 12 heavy (non-hydrogen) atoms. The molecule has 1 aromatic rings. The predicted octanol–water partition coefficient (Wildman–Crippen LogP) is 4.34. The van der Waals surface area contributed by atoms with Crippen LogP contribution in [-0.2, 0) is 0 Å². The van der Waals surface area contributed by atoms with Crippen molar-refractivity contribution >= 4 is 17.4 Å². The zero-order valence-electron chi connectivity index (χ0n) is 7.62. The summed E-state index contributed by atoms with van der Waals surface area (Å²) in [7, 11) is 0. The summed E-state index contributed by atoms with van der Waals surface area (Å²) in [5.41, 5.74) is 0. The van der Waals surface area contributed by atoms with E-state index in [1.54, 1.807) is 11.3 Å². The second kappa shape index (κ2) is 6.01. The number of hydrogen-bond acceptors (Lipinski definition) is 1. The van der Waals surface area contributed by atoms with Gasteiger partial charge >= 0.3 is 0 Å². The Labute approximate surface area is 78.9 Å². The Morgan fingerprint density at radius 3 is 3.00 bits per heavy atom. The molecule has 1 heterocycles. The van der Waals surface area contributed by atoms with Crippen LogP contribution in [0.2, 0.25) is 0 Å². The average Bonchev–Trinajstić information content (AvgIpc) is 2.57. The molecule has 1 rings (SSSR count). The monoisotopic (exact) mass is 180 g/mol. The summed E-state index contributed by atoms with van der Waals surface area (Å²) in [6.07, 6.45) is 9.73. The molecule has 0 spiro atoms. The highest BCUT2D eigenvalue weighted by Gasteiger charge is 1.85. The maximum absolute atomic E-state index is 2.28. The molecule has 0 fully saturated rings. The van der Waals surface area contributed by atoms with Gasteiger partial charge in [-0.1, -0.05) is 31.9 Å². The van der Waals surface area contributed by atoms with E-state index in [0.29, 0.717) is 0 Å². The van der Waals surface area contributed by atoms with Crippen LogP contribution in [-0.4, -0.2) is 0 Å². The van der Waals surface area contributed by atoms with Crippen LogP contribution in [0.15, 0.2) is 23.6 Å². The van der Waals surface area contributed by atoms with E-state index in [9.17, 15) is 0 Å². The Bertz CT molecular complexity index is 209. The first-order valence-electron chi connectivity index (χ1n) is 4.63. The number of hydrogen-bond donors (Lipinski definition) is 0. The molecule has 0 aliphatic rings. The normalized spacial score (nSPS) is 11.1. The Kier molecular flexibility index (Phi) is 4.77. The minimum Gasteiger partial charge on any atom is -0.144 e. The van der Waals surface area contributed by atoms with E-state index in [2.05, 4.69) is 36.6 Å². The molecule has 0 unspecified atom stereocenters. The van der Waals surface area contributed by atoms with Gasteiger partial charge in [0, 0.05) is 4.88 Å². The quantitative estimate of drug-likeness (QED) is 0.591. The van der Waals surface area contributed by atoms with Crippen molar-refractivity contribution in [2.45, 2.75) is 32.6 Å². The van der Waals surface area contributed by atoms with Crippen molar-refractivity contribution < 1.29 is 0 Å². The molecule has 1 heteroatoms. The third kappa shape index (κ3) is 3.72.